The van der Waals surface area contributed by atoms with Gasteiger partial charge in [0.1, 0.15) is 0 Å². The third kappa shape index (κ3) is 3.91. The molecular weight excluding hydrogens is 346 g/mol. The lowest BCUT2D eigenvalue weighted by molar-refractivity contribution is 0.0876. The number of rotatable bonds is 6. The van der Waals surface area contributed by atoms with Gasteiger partial charge < -0.3 is 14.2 Å². The normalized spacial score (nSPS) is 16.3. The molecule has 1 aliphatic heterocycles. The molecule has 2 aliphatic rings. The molecule has 7 heteroatoms. The van der Waals surface area contributed by atoms with Crippen LogP contribution in [0.15, 0.2) is 18.2 Å². The summed E-state index contributed by atoms with van der Waals surface area (Å²) in [7, 11) is 0. The van der Waals surface area contributed by atoms with E-state index >= 15 is 0 Å². The molecule has 0 radical (unpaired) electrons. The fraction of sp³-hybridized carbons (Fsp3) is 0.550. The monoisotopic (exact) mass is 371 g/mol. The zero-order valence-corrected chi connectivity index (χ0v) is 15.8. The van der Waals surface area contributed by atoms with E-state index in [0.717, 1.165) is 12.0 Å². The van der Waals surface area contributed by atoms with Gasteiger partial charge in [-0.3, -0.25) is 4.79 Å². The van der Waals surface area contributed by atoms with E-state index in [1.165, 1.54) is 30.4 Å². The van der Waals surface area contributed by atoms with Gasteiger partial charge in [0.15, 0.2) is 17.3 Å². The molecule has 1 aromatic heterocycles. The number of carbonyl (C=O) groups excluding carboxylic acids is 1. The Morgan fingerprint density at radius 3 is 2.81 bits per heavy atom. The zero-order valence-electron chi connectivity index (χ0n) is 15.8. The Labute approximate surface area is 158 Å². The Morgan fingerprint density at radius 1 is 1.26 bits per heavy atom. The molecule has 144 valence electrons. The Kier molecular flexibility index (Phi) is 5.01. The summed E-state index contributed by atoms with van der Waals surface area (Å²) in [5.74, 6) is 2.40. The van der Waals surface area contributed by atoms with E-state index in [4.69, 9.17) is 14.2 Å². The molecule has 0 N–H and O–H groups in total. The van der Waals surface area contributed by atoms with Crippen molar-refractivity contribution in [3.05, 3.63) is 18.2 Å². The SMILES string of the molecule is CC(C)Oc1nc(-c2ccc3c(c2)OCO3)n(C(=O)CCC2CCCC2)n1. The summed E-state index contributed by atoms with van der Waals surface area (Å²) >= 11 is 0. The minimum atomic E-state index is -0.0703. The minimum Gasteiger partial charge on any atom is -0.460 e. The van der Waals surface area contributed by atoms with Crippen molar-refractivity contribution in [1.29, 1.82) is 0 Å². The van der Waals surface area contributed by atoms with Crippen molar-refractivity contribution < 1.29 is 19.0 Å². The standard InChI is InChI=1S/C20H25N3O4/c1-13(2)27-20-21-19(15-8-9-16-17(11-15)26-12-25-16)23(22-20)18(24)10-7-14-5-3-4-6-14/h8-9,11,13-14H,3-7,10,12H2,1-2H3. The van der Waals surface area contributed by atoms with Crippen molar-refractivity contribution in [3.8, 4) is 28.9 Å². The highest BCUT2D eigenvalue weighted by molar-refractivity contribution is 5.82. The minimum absolute atomic E-state index is 0.0549. The smallest absolute Gasteiger partial charge is 0.336 e. The molecule has 0 bridgehead atoms. The van der Waals surface area contributed by atoms with E-state index in [9.17, 15) is 4.79 Å². The number of carbonyl (C=O) groups is 1. The number of fused-ring (bicyclic) bond motifs is 1. The summed E-state index contributed by atoms with van der Waals surface area (Å²) in [6, 6.07) is 5.72. The fourth-order valence-corrected chi connectivity index (χ4v) is 3.68. The van der Waals surface area contributed by atoms with E-state index in [1.54, 1.807) is 0 Å². The Hall–Kier alpha value is -2.57. The number of aromatic nitrogens is 3. The highest BCUT2D eigenvalue weighted by Gasteiger charge is 2.23. The van der Waals surface area contributed by atoms with Gasteiger partial charge in [0.2, 0.25) is 12.7 Å². The molecule has 2 aromatic rings. The van der Waals surface area contributed by atoms with Gasteiger partial charge in [-0.05, 0) is 44.4 Å². The van der Waals surface area contributed by atoms with Gasteiger partial charge >= 0.3 is 6.01 Å². The molecule has 27 heavy (non-hydrogen) atoms. The lowest BCUT2D eigenvalue weighted by Crippen LogP contribution is -2.15. The van der Waals surface area contributed by atoms with E-state index in [2.05, 4.69) is 10.1 Å². The summed E-state index contributed by atoms with van der Waals surface area (Å²) in [6.07, 6.45) is 6.29. The van der Waals surface area contributed by atoms with Crippen LogP contribution in [0, 0.1) is 5.92 Å². The van der Waals surface area contributed by atoms with Gasteiger partial charge in [0, 0.05) is 12.0 Å². The van der Waals surface area contributed by atoms with Crippen LogP contribution in [0.3, 0.4) is 0 Å². The van der Waals surface area contributed by atoms with E-state index in [-0.39, 0.29) is 24.8 Å². The van der Waals surface area contributed by atoms with Crippen molar-refractivity contribution in [3.63, 3.8) is 0 Å². The quantitative estimate of drug-likeness (QED) is 0.762. The van der Waals surface area contributed by atoms with Crippen LogP contribution >= 0.6 is 0 Å². The maximum Gasteiger partial charge on any atom is 0.336 e. The molecule has 0 saturated heterocycles. The number of hydrogen-bond acceptors (Lipinski definition) is 6. The van der Waals surface area contributed by atoms with Gasteiger partial charge in [0.05, 0.1) is 6.10 Å². The highest BCUT2D eigenvalue weighted by atomic mass is 16.7. The lowest BCUT2D eigenvalue weighted by Gasteiger charge is -2.09. The van der Waals surface area contributed by atoms with Gasteiger partial charge in [0.25, 0.3) is 0 Å². The molecule has 7 nitrogen and oxygen atoms in total. The van der Waals surface area contributed by atoms with Crippen LogP contribution in [0.5, 0.6) is 17.5 Å². The van der Waals surface area contributed by atoms with E-state index in [0.29, 0.717) is 29.7 Å². The van der Waals surface area contributed by atoms with Crippen molar-refractivity contribution in [2.45, 2.75) is 58.5 Å². The third-order valence-electron chi connectivity index (χ3n) is 5.04. The molecular formula is C20H25N3O4. The summed E-state index contributed by atoms with van der Waals surface area (Å²) in [5, 5.41) is 4.33. The second-order valence-electron chi connectivity index (χ2n) is 7.45. The first-order valence-corrected chi connectivity index (χ1v) is 9.67. The topological polar surface area (TPSA) is 75.5 Å². The van der Waals surface area contributed by atoms with Crippen LogP contribution in [-0.2, 0) is 0 Å². The molecule has 0 unspecified atom stereocenters. The van der Waals surface area contributed by atoms with Crippen molar-refractivity contribution in [2.24, 2.45) is 5.92 Å². The van der Waals surface area contributed by atoms with Crippen LogP contribution < -0.4 is 14.2 Å². The predicted octanol–water partition coefficient (Wildman–Crippen LogP) is 4.07. The van der Waals surface area contributed by atoms with E-state index < -0.39 is 0 Å². The van der Waals surface area contributed by atoms with Crippen molar-refractivity contribution >= 4 is 5.91 Å². The molecule has 1 saturated carbocycles. The molecule has 0 atom stereocenters. The lowest BCUT2D eigenvalue weighted by atomic mass is 10.0. The number of ether oxygens (including phenoxy) is 3. The van der Waals surface area contributed by atoms with Gasteiger partial charge in [-0.1, -0.05) is 25.7 Å². The van der Waals surface area contributed by atoms with E-state index in [1.807, 2.05) is 32.0 Å². The van der Waals surface area contributed by atoms with Crippen LogP contribution in [0.4, 0.5) is 0 Å². The summed E-state index contributed by atoms with van der Waals surface area (Å²) in [5.41, 5.74) is 0.750. The number of benzene rings is 1. The molecule has 0 amide bonds. The first-order valence-electron chi connectivity index (χ1n) is 9.67. The first-order chi connectivity index (χ1) is 13.1. The zero-order chi connectivity index (χ0) is 18.8. The summed E-state index contributed by atoms with van der Waals surface area (Å²) < 4.78 is 17.8. The van der Waals surface area contributed by atoms with Crippen LogP contribution in [0.25, 0.3) is 11.4 Å². The molecule has 1 aromatic carbocycles. The van der Waals surface area contributed by atoms with Crippen LogP contribution in [0.2, 0.25) is 0 Å². The molecule has 0 spiro atoms. The fourth-order valence-electron chi connectivity index (χ4n) is 3.68. The molecule has 1 aliphatic carbocycles. The Bertz CT molecular complexity index is 825. The Morgan fingerprint density at radius 2 is 2.04 bits per heavy atom. The van der Waals surface area contributed by atoms with Crippen LogP contribution in [0.1, 0.15) is 57.2 Å². The number of hydrogen-bond donors (Lipinski definition) is 0. The number of nitrogens with zero attached hydrogens (tertiary/aromatic N) is 3. The van der Waals surface area contributed by atoms with Crippen LogP contribution in [-0.4, -0.2) is 33.6 Å². The molecule has 1 fully saturated rings. The first kappa shape index (κ1) is 17.8. The summed E-state index contributed by atoms with van der Waals surface area (Å²) in [6.45, 7) is 4.01. The van der Waals surface area contributed by atoms with Gasteiger partial charge in [-0.15, -0.1) is 5.10 Å². The maximum atomic E-state index is 12.9. The van der Waals surface area contributed by atoms with Crippen molar-refractivity contribution in [2.75, 3.05) is 6.79 Å². The third-order valence-corrected chi connectivity index (χ3v) is 5.04. The second-order valence-corrected chi connectivity index (χ2v) is 7.45. The Balaban J connectivity index is 1.60. The largest absolute Gasteiger partial charge is 0.460 e. The highest BCUT2D eigenvalue weighted by Crippen LogP contribution is 2.36. The predicted molar refractivity (Wildman–Crippen MR) is 99.2 cm³/mol. The molecule has 4 rings (SSSR count). The van der Waals surface area contributed by atoms with Gasteiger partial charge in [-0.2, -0.15) is 9.67 Å². The second kappa shape index (κ2) is 7.58. The van der Waals surface area contributed by atoms with Gasteiger partial charge in [-0.25, -0.2) is 0 Å². The maximum absolute atomic E-state index is 12.9. The average molecular weight is 371 g/mol. The summed E-state index contributed by atoms with van der Waals surface area (Å²) in [4.78, 5) is 17.3. The average Bonchev–Trinajstić information content (AvgIpc) is 3.38. The van der Waals surface area contributed by atoms with Crippen molar-refractivity contribution in [1.82, 2.24) is 14.8 Å². The molecule has 2 heterocycles.